The molecule has 2 N–H and O–H groups in total. The van der Waals surface area contributed by atoms with E-state index >= 15 is 0 Å². The molecule has 0 heterocycles. The summed E-state index contributed by atoms with van der Waals surface area (Å²) >= 11 is 0. The maximum atomic E-state index is 6.34. The van der Waals surface area contributed by atoms with Crippen LogP contribution in [0.4, 0.5) is 0 Å². The molecule has 0 aromatic rings. The Balaban J connectivity index is 0. The quantitative estimate of drug-likeness (QED) is 0.210. The summed E-state index contributed by atoms with van der Waals surface area (Å²) in [6, 6.07) is 0. The Morgan fingerprint density at radius 3 is 1.63 bits per heavy atom. The highest BCUT2D eigenvalue weighted by Gasteiger charge is 2.45. The third kappa shape index (κ3) is 9.81. The van der Waals surface area contributed by atoms with Crippen LogP contribution >= 0.6 is 0 Å². The predicted octanol–water partition coefficient (Wildman–Crippen LogP) is 3.84. The summed E-state index contributed by atoms with van der Waals surface area (Å²) in [4.78, 5) is 0. The summed E-state index contributed by atoms with van der Waals surface area (Å²) in [6.45, 7) is 15.9. The lowest BCUT2D eigenvalue weighted by Crippen LogP contribution is -3.00. The molecule has 0 radical (unpaired) electrons. The van der Waals surface area contributed by atoms with Gasteiger partial charge in [0.1, 0.15) is 5.54 Å². The summed E-state index contributed by atoms with van der Waals surface area (Å²) < 4.78 is 1.18. The maximum absolute atomic E-state index is 6.34. The number of allylic oxidation sites excluding steroid dienone is 1. The molecule has 0 rings (SSSR count). The van der Waals surface area contributed by atoms with Crippen LogP contribution in [0.15, 0.2) is 12.2 Å². The van der Waals surface area contributed by atoms with Crippen molar-refractivity contribution in [3.05, 3.63) is 12.2 Å². The molecular formula is C24H51ClN2. The van der Waals surface area contributed by atoms with Gasteiger partial charge in [-0.05, 0) is 32.8 Å². The zero-order chi connectivity index (χ0) is 19.7. The average molecular weight is 403 g/mol. The Bertz CT molecular complexity index is 331. The second-order valence-corrected chi connectivity index (χ2v) is 8.25. The van der Waals surface area contributed by atoms with Crippen molar-refractivity contribution in [2.45, 2.75) is 117 Å². The molecule has 27 heavy (non-hydrogen) atoms. The molecule has 0 aliphatic carbocycles. The first kappa shape index (κ1) is 29.2. The molecule has 3 heteroatoms. The summed E-state index contributed by atoms with van der Waals surface area (Å²) in [7, 11) is 0. The van der Waals surface area contributed by atoms with Crippen LogP contribution in [0.2, 0.25) is 0 Å². The van der Waals surface area contributed by atoms with Gasteiger partial charge in [0.25, 0.3) is 0 Å². The van der Waals surface area contributed by atoms with Crippen molar-refractivity contribution in [2.75, 3.05) is 26.2 Å². The molecule has 0 amide bonds. The third-order valence-corrected chi connectivity index (χ3v) is 6.94. The van der Waals surface area contributed by atoms with Crippen LogP contribution < -0.4 is 18.1 Å². The fourth-order valence-electron chi connectivity index (χ4n) is 4.76. The van der Waals surface area contributed by atoms with Gasteiger partial charge in [0.2, 0.25) is 0 Å². The topological polar surface area (TPSA) is 26.0 Å². The lowest BCUT2D eigenvalue weighted by Gasteiger charge is -2.52. The van der Waals surface area contributed by atoms with Gasteiger partial charge >= 0.3 is 0 Å². The van der Waals surface area contributed by atoms with Crippen LogP contribution in [0, 0.1) is 0 Å². The summed E-state index contributed by atoms with van der Waals surface area (Å²) in [5.74, 6) is 0. The van der Waals surface area contributed by atoms with Crippen LogP contribution in [0.25, 0.3) is 0 Å². The van der Waals surface area contributed by atoms with Gasteiger partial charge in [-0.1, -0.05) is 78.2 Å². The van der Waals surface area contributed by atoms with Crippen molar-refractivity contribution in [2.24, 2.45) is 5.73 Å². The maximum Gasteiger partial charge on any atom is 0.111 e. The highest BCUT2D eigenvalue weighted by atomic mass is 35.5. The van der Waals surface area contributed by atoms with Crippen molar-refractivity contribution >= 4 is 0 Å². The zero-order valence-corrected chi connectivity index (χ0v) is 20.1. The monoisotopic (exact) mass is 402 g/mol. The molecule has 164 valence electrons. The molecule has 0 fully saturated rings. The van der Waals surface area contributed by atoms with Gasteiger partial charge in [0.05, 0.1) is 19.6 Å². The van der Waals surface area contributed by atoms with Crippen LogP contribution in [-0.4, -0.2) is 36.2 Å². The first-order chi connectivity index (χ1) is 12.6. The highest BCUT2D eigenvalue weighted by molar-refractivity contribution is 4.85. The number of nitrogens with two attached hydrogens (primary N) is 1. The minimum Gasteiger partial charge on any atom is -1.00 e. The highest BCUT2D eigenvalue weighted by Crippen LogP contribution is 2.32. The predicted molar refractivity (Wildman–Crippen MR) is 120 cm³/mol. The van der Waals surface area contributed by atoms with Crippen molar-refractivity contribution < 1.29 is 16.9 Å². The minimum absolute atomic E-state index is 0. The minimum atomic E-state index is 0. The molecule has 0 saturated carbocycles. The number of hydrogen-bond donors (Lipinski definition) is 1. The molecule has 0 aliphatic rings. The third-order valence-electron chi connectivity index (χ3n) is 6.94. The van der Waals surface area contributed by atoms with E-state index in [-0.39, 0.29) is 17.9 Å². The van der Waals surface area contributed by atoms with Gasteiger partial charge in [-0.3, -0.25) is 0 Å². The SMILES string of the molecule is C/C=C/C[N+](CC)(CCCCCCCCCCCC)C(CC)(CC)CN.[Cl-]. The van der Waals surface area contributed by atoms with Crippen molar-refractivity contribution in [1.82, 2.24) is 0 Å². The van der Waals surface area contributed by atoms with Crippen LogP contribution in [0.5, 0.6) is 0 Å². The molecule has 0 aromatic heterocycles. The van der Waals surface area contributed by atoms with Gasteiger partial charge in [-0.2, -0.15) is 0 Å². The number of rotatable bonds is 18. The fourth-order valence-corrected chi connectivity index (χ4v) is 4.76. The van der Waals surface area contributed by atoms with Gasteiger partial charge in [-0.25, -0.2) is 0 Å². The molecular weight excluding hydrogens is 352 g/mol. The van der Waals surface area contributed by atoms with E-state index in [9.17, 15) is 0 Å². The Morgan fingerprint density at radius 2 is 1.26 bits per heavy atom. The second-order valence-electron chi connectivity index (χ2n) is 8.25. The smallest absolute Gasteiger partial charge is 0.111 e. The molecule has 1 unspecified atom stereocenters. The number of unbranched alkanes of at least 4 members (excludes halogenated alkanes) is 9. The molecule has 0 aliphatic heterocycles. The number of quaternary nitrogens is 1. The van der Waals surface area contributed by atoms with Crippen molar-refractivity contribution in [1.29, 1.82) is 0 Å². The van der Waals surface area contributed by atoms with E-state index in [1.165, 1.54) is 94.6 Å². The Morgan fingerprint density at radius 1 is 0.778 bits per heavy atom. The molecule has 0 spiro atoms. The number of nitrogens with zero attached hydrogens (tertiary/aromatic N) is 1. The Hall–Kier alpha value is -0.0500. The molecule has 0 aromatic carbocycles. The standard InChI is InChI=1S/C24H51N2.ClH/c1-6-11-13-14-15-16-17-18-19-20-22-26(10-5,21-12-7-2)24(8-3,9-4)23-25;/h7,12H,6,8-11,13-23,25H2,1-5H3;1H/q+1;/p-1/b12-7+;. The van der Waals surface area contributed by atoms with E-state index in [2.05, 4.69) is 46.8 Å². The summed E-state index contributed by atoms with van der Waals surface area (Å²) in [5, 5.41) is 0. The number of likely N-dealkylation sites (N-methyl/N-ethyl adjacent to an activating group) is 1. The number of halogens is 1. The van der Waals surface area contributed by atoms with Crippen molar-refractivity contribution in [3.8, 4) is 0 Å². The van der Waals surface area contributed by atoms with Gasteiger partial charge in [0.15, 0.2) is 0 Å². The number of hydrogen-bond acceptors (Lipinski definition) is 1. The lowest BCUT2D eigenvalue weighted by atomic mass is 9.86. The molecule has 1 atom stereocenters. The lowest BCUT2D eigenvalue weighted by molar-refractivity contribution is -0.969. The Labute approximate surface area is 178 Å². The Kier molecular flexibility index (Phi) is 19.4. The van der Waals surface area contributed by atoms with Gasteiger partial charge in [0, 0.05) is 19.4 Å². The second kappa shape index (κ2) is 18.0. The van der Waals surface area contributed by atoms with E-state index in [0.29, 0.717) is 0 Å². The first-order valence-electron chi connectivity index (χ1n) is 11.8. The molecule has 0 bridgehead atoms. The molecule has 0 saturated heterocycles. The fraction of sp³-hybridized carbons (Fsp3) is 0.917. The summed E-state index contributed by atoms with van der Waals surface area (Å²) in [6.07, 6.45) is 21.1. The average Bonchev–Trinajstić information content (AvgIpc) is 2.68. The van der Waals surface area contributed by atoms with Crippen molar-refractivity contribution in [3.63, 3.8) is 0 Å². The normalized spacial score (nSPS) is 14.3. The van der Waals surface area contributed by atoms with Crippen LogP contribution in [-0.2, 0) is 0 Å². The van der Waals surface area contributed by atoms with E-state index < -0.39 is 0 Å². The van der Waals surface area contributed by atoms with E-state index in [0.717, 1.165) is 13.1 Å². The van der Waals surface area contributed by atoms with Gasteiger partial charge in [-0.15, -0.1) is 0 Å². The zero-order valence-electron chi connectivity index (χ0n) is 19.4. The van der Waals surface area contributed by atoms with Crippen LogP contribution in [0.3, 0.4) is 0 Å². The van der Waals surface area contributed by atoms with Crippen LogP contribution in [0.1, 0.15) is 112 Å². The first-order valence-corrected chi connectivity index (χ1v) is 11.8. The van der Waals surface area contributed by atoms with E-state index in [4.69, 9.17) is 5.73 Å². The largest absolute Gasteiger partial charge is 1.00 e. The summed E-state index contributed by atoms with van der Waals surface area (Å²) in [5.41, 5.74) is 6.59. The van der Waals surface area contributed by atoms with Gasteiger partial charge < -0.3 is 22.6 Å². The van der Waals surface area contributed by atoms with E-state index in [1.54, 1.807) is 0 Å². The molecule has 2 nitrogen and oxygen atoms in total. The van der Waals surface area contributed by atoms with E-state index in [1.807, 2.05) is 0 Å².